The normalized spacial score (nSPS) is 10.2. The van der Waals surface area contributed by atoms with Crippen LogP contribution in [0.1, 0.15) is 6.92 Å². The van der Waals surface area contributed by atoms with Gasteiger partial charge in [-0.25, -0.2) is 4.79 Å². The Labute approximate surface area is 142 Å². The lowest BCUT2D eigenvalue weighted by molar-refractivity contribution is -0.130. The van der Waals surface area contributed by atoms with Crippen molar-refractivity contribution in [1.29, 1.82) is 0 Å². The molecule has 2 nitrogen and oxygen atoms in total. The quantitative estimate of drug-likeness (QED) is 0.361. The second-order valence-electron chi connectivity index (χ2n) is 5.61. The van der Waals surface area contributed by atoms with E-state index in [0.29, 0.717) is 11.3 Å². The first-order valence-electron chi connectivity index (χ1n) is 7.78. The zero-order valence-electron chi connectivity index (χ0n) is 13.5. The third-order valence-electron chi connectivity index (χ3n) is 3.72. The van der Waals surface area contributed by atoms with E-state index in [1.807, 2.05) is 78.9 Å². The second kappa shape index (κ2) is 6.97. The lowest BCUT2D eigenvalue weighted by atomic mass is 9.99. The largest absolute Gasteiger partial charge is 0.423 e. The van der Waals surface area contributed by atoms with E-state index in [9.17, 15) is 4.79 Å². The summed E-state index contributed by atoms with van der Waals surface area (Å²) in [5.41, 5.74) is 4.33. The Bertz CT molecular complexity index is 865. The fraction of sp³-hybridized carbons (Fsp3) is 0.0455. The maximum atomic E-state index is 12.0. The highest BCUT2D eigenvalue weighted by Gasteiger charge is 2.13. The maximum absolute atomic E-state index is 12.0. The van der Waals surface area contributed by atoms with Crippen molar-refractivity contribution < 1.29 is 9.53 Å². The van der Waals surface area contributed by atoms with E-state index in [0.717, 1.165) is 22.3 Å². The van der Waals surface area contributed by atoms with Crippen LogP contribution in [0.2, 0.25) is 0 Å². The molecule has 0 N–H and O–H groups in total. The molecule has 0 radical (unpaired) electrons. The van der Waals surface area contributed by atoms with E-state index in [1.165, 1.54) is 0 Å². The SMILES string of the molecule is C=C(C)C(=O)Oc1cc(-c2ccccc2)ccc1-c1ccccc1. The van der Waals surface area contributed by atoms with Gasteiger partial charge in [0.25, 0.3) is 0 Å². The monoisotopic (exact) mass is 314 g/mol. The number of esters is 1. The molecule has 118 valence electrons. The molecule has 0 heterocycles. The Morgan fingerprint density at radius 2 is 1.38 bits per heavy atom. The van der Waals surface area contributed by atoms with Crippen LogP contribution in [0.25, 0.3) is 22.3 Å². The molecular formula is C22H18O2. The zero-order chi connectivity index (χ0) is 16.9. The number of carbonyl (C=O) groups excluding carboxylic acids is 1. The van der Waals surface area contributed by atoms with Crippen molar-refractivity contribution in [2.24, 2.45) is 0 Å². The van der Waals surface area contributed by atoms with Crippen molar-refractivity contribution in [3.8, 4) is 28.0 Å². The molecule has 0 spiro atoms. The summed E-state index contributed by atoms with van der Waals surface area (Å²) in [5, 5.41) is 0. The van der Waals surface area contributed by atoms with Crippen LogP contribution in [0.3, 0.4) is 0 Å². The zero-order valence-corrected chi connectivity index (χ0v) is 13.5. The topological polar surface area (TPSA) is 26.3 Å². The third kappa shape index (κ3) is 3.44. The van der Waals surface area contributed by atoms with E-state index < -0.39 is 5.97 Å². The van der Waals surface area contributed by atoms with Crippen LogP contribution in [0.5, 0.6) is 5.75 Å². The van der Waals surface area contributed by atoms with Gasteiger partial charge in [-0.3, -0.25) is 0 Å². The van der Waals surface area contributed by atoms with Gasteiger partial charge in [-0.15, -0.1) is 0 Å². The van der Waals surface area contributed by atoms with Gasteiger partial charge in [0.05, 0.1) is 0 Å². The van der Waals surface area contributed by atoms with Gasteiger partial charge < -0.3 is 4.74 Å². The molecule has 2 heteroatoms. The molecule has 0 fully saturated rings. The fourth-order valence-electron chi connectivity index (χ4n) is 2.46. The minimum absolute atomic E-state index is 0.374. The summed E-state index contributed by atoms with van der Waals surface area (Å²) in [7, 11) is 0. The average Bonchev–Trinajstić information content (AvgIpc) is 2.63. The Morgan fingerprint density at radius 1 is 0.792 bits per heavy atom. The number of carbonyl (C=O) groups is 1. The Kier molecular flexibility index (Phi) is 4.57. The predicted molar refractivity (Wildman–Crippen MR) is 97.8 cm³/mol. The van der Waals surface area contributed by atoms with Crippen molar-refractivity contribution in [3.05, 3.63) is 91.0 Å². The first-order chi connectivity index (χ1) is 11.6. The molecule has 0 saturated carbocycles. The molecule has 3 rings (SSSR count). The molecule has 3 aromatic rings. The molecule has 3 aromatic carbocycles. The summed E-state index contributed by atoms with van der Waals surface area (Å²) in [6, 6.07) is 25.8. The first kappa shape index (κ1) is 15.8. The maximum Gasteiger partial charge on any atom is 0.338 e. The van der Waals surface area contributed by atoms with E-state index in [1.54, 1.807) is 6.92 Å². The van der Waals surface area contributed by atoms with Crippen molar-refractivity contribution in [1.82, 2.24) is 0 Å². The van der Waals surface area contributed by atoms with Crippen molar-refractivity contribution in [3.63, 3.8) is 0 Å². The molecular weight excluding hydrogens is 296 g/mol. The standard InChI is InChI=1S/C22H18O2/c1-16(2)22(23)24-21-15-19(17-9-5-3-6-10-17)13-14-20(21)18-11-7-4-8-12-18/h3-15H,1H2,2H3. The summed E-state index contributed by atoms with van der Waals surface area (Å²) in [6.45, 7) is 5.30. The van der Waals surface area contributed by atoms with Crippen LogP contribution < -0.4 is 4.74 Å². The highest BCUT2D eigenvalue weighted by atomic mass is 16.5. The van der Waals surface area contributed by atoms with Gasteiger partial charge >= 0.3 is 5.97 Å². The Hall–Kier alpha value is -3.13. The lowest BCUT2D eigenvalue weighted by Gasteiger charge is -2.13. The Morgan fingerprint density at radius 3 is 1.96 bits per heavy atom. The van der Waals surface area contributed by atoms with Gasteiger partial charge in [0, 0.05) is 11.1 Å². The van der Waals surface area contributed by atoms with Crippen molar-refractivity contribution in [2.45, 2.75) is 6.92 Å². The number of rotatable bonds is 4. The summed E-state index contributed by atoms with van der Waals surface area (Å²) in [4.78, 5) is 12.0. The summed E-state index contributed by atoms with van der Waals surface area (Å²) >= 11 is 0. The summed E-state index contributed by atoms with van der Waals surface area (Å²) in [5.74, 6) is 0.118. The van der Waals surface area contributed by atoms with E-state index in [4.69, 9.17) is 4.74 Å². The molecule has 0 aliphatic carbocycles. The molecule has 24 heavy (non-hydrogen) atoms. The van der Waals surface area contributed by atoms with E-state index in [-0.39, 0.29) is 0 Å². The van der Waals surface area contributed by atoms with Crippen LogP contribution in [0, 0.1) is 0 Å². The van der Waals surface area contributed by atoms with Gasteiger partial charge in [0.2, 0.25) is 0 Å². The second-order valence-corrected chi connectivity index (χ2v) is 5.61. The molecule has 0 bridgehead atoms. The van der Waals surface area contributed by atoms with Crippen LogP contribution in [-0.4, -0.2) is 5.97 Å². The van der Waals surface area contributed by atoms with Gasteiger partial charge in [0.15, 0.2) is 0 Å². The molecule has 0 aliphatic rings. The minimum atomic E-state index is -0.419. The van der Waals surface area contributed by atoms with Crippen LogP contribution in [0.4, 0.5) is 0 Å². The van der Waals surface area contributed by atoms with E-state index in [2.05, 4.69) is 6.58 Å². The molecule has 0 amide bonds. The Balaban J connectivity index is 2.09. The average molecular weight is 314 g/mol. The van der Waals surface area contributed by atoms with Gasteiger partial charge in [0.1, 0.15) is 5.75 Å². The first-order valence-corrected chi connectivity index (χ1v) is 7.78. The predicted octanol–water partition coefficient (Wildman–Crippen LogP) is 5.50. The lowest BCUT2D eigenvalue weighted by Crippen LogP contribution is -2.09. The fourth-order valence-corrected chi connectivity index (χ4v) is 2.46. The van der Waals surface area contributed by atoms with Gasteiger partial charge in [-0.1, -0.05) is 79.4 Å². The van der Waals surface area contributed by atoms with Gasteiger partial charge in [-0.2, -0.15) is 0 Å². The van der Waals surface area contributed by atoms with Crippen LogP contribution in [-0.2, 0) is 4.79 Å². The smallest absolute Gasteiger partial charge is 0.338 e. The highest BCUT2D eigenvalue weighted by molar-refractivity contribution is 5.90. The minimum Gasteiger partial charge on any atom is -0.423 e. The number of ether oxygens (including phenoxy) is 1. The van der Waals surface area contributed by atoms with Crippen LogP contribution in [0.15, 0.2) is 91.0 Å². The number of hydrogen-bond acceptors (Lipinski definition) is 2. The van der Waals surface area contributed by atoms with E-state index >= 15 is 0 Å². The molecule has 0 saturated heterocycles. The summed E-state index contributed by atoms with van der Waals surface area (Å²) in [6.07, 6.45) is 0. The number of hydrogen-bond donors (Lipinski definition) is 0. The summed E-state index contributed by atoms with van der Waals surface area (Å²) < 4.78 is 5.59. The highest BCUT2D eigenvalue weighted by Crippen LogP contribution is 2.34. The van der Waals surface area contributed by atoms with Crippen LogP contribution >= 0.6 is 0 Å². The van der Waals surface area contributed by atoms with Crippen molar-refractivity contribution in [2.75, 3.05) is 0 Å². The van der Waals surface area contributed by atoms with Crippen molar-refractivity contribution >= 4 is 5.97 Å². The molecule has 0 aliphatic heterocycles. The molecule has 0 aromatic heterocycles. The number of benzene rings is 3. The van der Waals surface area contributed by atoms with Gasteiger partial charge in [-0.05, 0) is 29.7 Å². The third-order valence-corrected chi connectivity index (χ3v) is 3.72. The molecule has 0 unspecified atom stereocenters. The molecule has 0 atom stereocenters.